The zero-order valence-corrected chi connectivity index (χ0v) is 15.5. The molecule has 1 aliphatic carbocycles. The Morgan fingerprint density at radius 3 is 2.77 bits per heavy atom. The molecule has 0 saturated heterocycles. The first-order chi connectivity index (χ1) is 12.8. The van der Waals surface area contributed by atoms with Crippen LogP contribution >= 0.6 is 0 Å². The van der Waals surface area contributed by atoms with Gasteiger partial charge in [-0.1, -0.05) is 23.8 Å². The van der Waals surface area contributed by atoms with E-state index in [1.807, 2.05) is 12.1 Å². The van der Waals surface area contributed by atoms with E-state index in [2.05, 4.69) is 45.8 Å². The molecule has 6 heteroatoms. The Kier molecular flexibility index (Phi) is 6.81. The molecule has 1 aromatic heterocycles. The van der Waals surface area contributed by atoms with Gasteiger partial charge in [0.2, 0.25) is 0 Å². The first-order valence-electron chi connectivity index (χ1n) is 9.49. The van der Waals surface area contributed by atoms with Crippen molar-refractivity contribution in [1.29, 1.82) is 0 Å². The van der Waals surface area contributed by atoms with E-state index in [1.54, 1.807) is 16.6 Å². The Morgan fingerprint density at radius 2 is 2.08 bits per heavy atom. The van der Waals surface area contributed by atoms with Gasteiger partial charge in [0, 0.05) is 13.1 Å². The summed E-state index contributed by atoms with van der Waals surface area (Å²) in [6.07, 6.45) is 11.9. The first kappa shape index (κ1) is 18.2. The van der Waals surface area contributed by atoms with Gasteiger partial charge < -0.3 is 10.6 Å². The molecule has 1 heterocycles. The van der Waals surface area contributed by atoms with Crippen molar-refractivity contribution in [1.82, 2.24) is 25.4 Å². The van der Waals surface area contributed by atoms with Crippen LogP contribution < -0.4 is 10.6 Å². The zero-order chi connectivity index (χ0) is 18.0. The molecule has 2 N–H and O–H groups in total. The molecular weight excluding hydrogens is 324 g/mol. The number of guanidine groups is 1. The van der Waals surface area contributed by atoms with Crippen LogP contribution in [0.1, 0.15) is 44.6 Å². The van der Waals surface area contributed by atoms with Gasteiger partial charge in [-0.25, -0.2) is 14.7 Å². The molecule has 1 aliphatic rings. The average molecular weight is 352 g/mol. The molecule has 0 saturated carbocycles. The lowest BCUT2D eigenvalue weighted by Gasteiger charge is -2.15. The molecule has 3 rings (SSSR count). The Balaban J connectivity index is 1.52. The molecule has 1 aromatic carbocycles. The topological polar surface area (TPSA) is 67.1 Å². The summed E-state index contributed by atoms with van der Waals surface area (Å²) in [5.41, 5.74) is 3.75. The van der Waals surface area contributed by atoms with Crippen LogP contribution in [-0.4, -0.2) is 33.8 Å². The molecule has 2 aromatic rings. The number of hydrogen-bond donors (Lipinski definition) is 2. The first-order valence-corrected chi connectivity index (χ1v) is 9.49. The van der Waals surface area contributed by atoms with Crippen molar-refractivity contribution in [2.45, 2.75) is 45.6 Å². The van der Waals surface area contributed by atoms with E-state index in [0.717, 1.165) is 31.2 Å². The number of aromatic nitrogens is 3. The quantitative estimate of drug-likeness (QED) is 0.456. The molecule has 0 atom stereocenters. The SMILES string of the molecule is CCNC(=NCc1ccc(-n2cncn2)cc1)NCCC1=CCCCC1. The van der Waals surface area contributed by atoms with Crippen molar-refractivity contribution in [3.8, 4) is 5.69 Å². The van der Waals surface area contributed by atoms with Crippen LogP contribution in [0.4, 0.5) is 0 Å². The molecule has 6 nitrogen and oxygen atoms in total. The predicted molar refractivity (Wildman–Crippen MR) is 105 cm³/mol. The molecule has 0 aliphatic heterocycles. The molecular formula is C20H28N6. The third-order valence-corrected chi connectivity index (χ3v) is 4.51. The molecule has 26 heavy (non-hydrogen) atoms. The van der Waals surface area contributed by atoms with E-state index >= 15 is 0 Å². The second-order valence-electron chi connectivity index (χ2n) is 6.49. The fourth-order valence-corrected chi connectivity index (χ4v) is 3.08. The van der Waals surface area contributed by atoms with Crippen LogP contribution in [0.15, 0.2) is 53.6 Å². The molecule has 0 amide bonds. The summed E-state index contributed by atoms with van der Waals surface area (Å²) in [6, 6.07) is 8.23. The lowest BCUT2D eigenvalue weighted by atomic mass is 9.97. The molecule has 0 fully saturated rings. The highest BCUT2D eigenvalue weighted by molar-refractivity contribution is 5.79. The van der Waals surface area contributed by atoms with Crippen LogP contribution in [-0.2, 0) is 6.54 Å². The fraction of sp³-hybridized carbons (Fsp3) is 0.450. The Morgan fingerprint density at radius 1 is 1.19 bits per heavy atom. The lowest BCUT2D eigenvalue weighted by molar-refractivity contribution is 0.665. The van der Waals surface area contributed by atoms with Crippen LogP contribution in [0.2, 0.25) is 0 Å². The number of hydrogen-bond acceptors (Lipinski definition) is 3. The van der Waals surface area contributed by atoms with E-state index in [-0.39, 0.29) is 0 Å². The van der Waals surface area contributed by atoms with Crippen molar-refractivity contribution < 1.29 is 0 Å². The van der Waals surface area contributed by atoms with Gasteiger partial charge in [0.05, 0.1) is 12.2 Å². The van der Waals surface area contributed by atoms with E-state index < -0.39 is 0 Å². The van der Waals surface area contributed by atoms with Crippen molar-refractivity contribution in [3.63, 3.8) is 0 Å². The fourth-order valence-electron chi connectivity index (χ4n) is 3.08. The lowest BCUT2D eigenvalue weighted by Crippen LogP contribution is -2.37. The minimum absolute atomic E-state index is 0.648. The molecule has 0 radical (unpaired) electrons. The Bertz CT molecular complexity index is 715. The second kappa shape index (κ2) is 9.75. The molecule has 0 bridgehead atoms. The predicted octanol–water partition coefficient (Wildman–Crippen LogP) is 3.21. The van der Waals surface area contributed by atoms with Crippen LogP contribution in [0.3, 0.4) is 0 Å². The summed E-state index contributed by atoms with van der Waals surface area (Å²) in [4.78, 5) is 8.67. The van der Waals surface area contributed by atoms with Crippen molar-refractivity contribution in [2.75, 3.05) is 13.1 Å². The van der Waals surface area contributed by atoms with E-state index in [0.29, 0.717) is 6.54 Å². The summed E-state index contributed by atoms with van der Waals surface area (Å²) in [5, 5.41) is 10.9. The highest BCUT2D eigenvalue weighted by Crippen LogP contribution is 2.19. The second-order valence-corrected chi connectivity index (χ2v) is 6.49. The summed E-state index contributed by atoms with van der Waals surface area (Å²) < 4.78 is 1.75. The van der Waals surface area contributed by atoms with E-state index in [4.69, 9.17) is 4.99 Å². The smallest absolute Gasteiger partial charge is 0.191 e. The Hall–Kier alpha value is -2.63. The van der Waals surface area contributed by atoms with Gasteiger partial charge >= 0.3 is 0 Å². The largest absolute Gasteiger partial charge is 0.357 e. The van der Waals surface area contributed by atoms with E-state index in [1.165, 1.54) is 37.6 Å². The van der Waals surface area contributed by atoms with Gasteiger partial charge in [0.15, 0.2) is 5.96 Å². The third kappa shape index (κ3) is 5.44. The number of nitrogens with zero attached hydrogens (tertiary/aromatic N) is 4. The number of benzene rings is 1. The number of allylic oxidation sites excluding steroid dienone is 1. The van der Waals surface area contributed by atoms with Gasteiger partial charge in [-0.15, -0.1) is 0 Å². The summed E-state index contributed by atoms with van der Waals surface area (Å²) >= 11 is 0. The average Bonchev–Trinajstić information content (AvgIpc) is 3.22. The monoisotopic (exact) mass is 352 g/mol. The number of aliphatic imine (C=N–C) groups is 1. The maximum Gasteiger partial charge on any atom is 0.191 e. The summed E-state index contributed by atoms with van der Waals surface area (Å²) in [5.74, 6) is 0.879. The van der Waals surface area contributed by atoms with Gasteiger partial charge in [0.1, 0.15) is 12.7 Å². The van der Waals surface area contributed by atoms with Crippen LogP contribution in [0, 0.1) is 0 Å². The molecule has 0 spiro atoms. The Labute approximate surface area is 155 Å². The van der Waals surface area contributed by atoms with Crippen molar-refractivity contribution in [2.24, 2.45) is 4.99 Å². The highest BCUT2D eigenvalue weighted by atomic mass is 15.3. The van der Waals surface area contributed by atoms with Gasteiger partial charge in [-0.05, 0) is 56.7 Å². The molecule has 138 valence electrons. The van der Waals surface area contributed by atoms with Crippen LogP contribution in [0.5, 0.6) is 0 Å². The maximum absolute atomic E-state index is 4.70. The number of rotatable bonds is 7. The minimum Gasteiger partial charge on any atom is -0.357 e. The standard InChI is InChI=1S/C20H28N6/c1-2-22-20(23-13-12-17-6-4-3-5-7-17)24-14-18-8-10-19(11-9-18)26-16-21-15-25-26/h6,8-11,15-16H,2-5,7,12-14H2,1H3,(H2,22,23,24). The van der Waals surface area contributed by atoms with Crippen molar-refractivity contribution in [3.05, 3.63) is 54.1 Å². The summed E-state index contributed by atoms with van der Waals surface area (Å²) in [6.45, 7) is 4.53. The molecule has 0 unspecified atom stereocenters. The zero-order valence-electron chi connectivity index (χ0n) is 15.5. The van der Waals surface area contributed by atoms with Crippen molar-refractivity contribution >= 4 is 5.96 Å². The normalized spacial score (nSPS) is 14.8. The van der Waals surface area contributed by atoms with E-state index in [9.17, 15) is 0 Å². The number of nitrogens with one attached hydrogen (secondary N) is 2. The minimum atomic E-state index is 0.648. The highest BCUT2D eigenvalue weighted by Gasteiger charge is 2.04. The summed E-state index contributed by atoms with van der Waals surface area (Å²) in [7, 11) is 0. The third-order valence-electron chi connectivity index (χ3n) is 4.51. The maximum atomic E-state index is 4.70. The van der Waals surface area contributed by atoms with Gasteiger partial charge in [0.25, 0.3) is 0 Å². The van der Waals surface area contributed by atoms with Gasteiger partial charge in [-0.3, -0.25) is 0 Å². The van der Waals surface area contributed by atoms with Crippen LogP contribution in [0.25, 0.3) is 5.69 Å². The van der Waals surface area contributed by atoms with Gasteiger partial charge in [-0.2, -0.15) is 5.10 Å².